The fourth-order valence-electron chi connectivity index (χ4n) is 2.06. The molecule has 0 aliphatic carbocycles. The molecule has 0 atom stereocenters. The van der Waals surface area contributed by atoms with Gasteiger partial charge in [0.05, 0.1) is 5.69 Å². The quantitative estimate of drug-likeness (QED) is 0.657. The Morgan fingerprint density at radius 3 is 2.78 bits per heavy atom. The summed E-state index contributed by atoms with van der Waals surface area (Å²) in [5.41, 5.74) is 7.42. The van der Waals surface area contributed by atoms with E-state index in [4.69, 9.17) is 5.73 Å². The molecule has 0 saturated carbocycles. The van der Waals surface area contributed by atoms with E-state index in [-0.39, 0.29) is 5.69 Å². The highest BCUT2D eigenvalue weighted by molar-refractivity contribution is 5.96. The molecule has 0 unspecified atom stereocenters. The van der Waals surface area contributed by atoms with Crippen LogP contribution in [0.25, 0.3) is 21.9 Å². The number of rotatable bonds is 1. The van der Waals surface area contributed by atoms with E-state index in [1.807, 2.05) is 30.3 Å². The van der Waals surface area contributed by atoms with Crippen LogP contribution < -0.4 is 5.73 Å². The molecule has 3 heteroatoms. The van der Waals surface area contributed by atoms with E-state index in [1.54, 1.807) is 18.5 Å². The summed E-state index contributed by atoms with van der Waals surface area (Å²) in [6.07, 6.45) is 3.54. The first kappa shape index (κ1) is 10.7. The van der Waals surface area contributed by atoms with E-state index >= 15 is 0 Å². The van der Waals surface area contributed by atoms with Crippen molar-refractivity contribution in [2.75, 3.05) is 5.73 Å². The Hall–Kier alpha value is -2.42. The number of nitrogens with two attached hydrogens (primary N) is 1. The van der Waals surface area contributed by atoms with Crippen molar-refractivity contribution in [2.24, 2.45) is 0 Å². The van der Waals surface area contributed by atoms with Gasteiger partial charge in [-0.2, -0.15) is 0 Å². The monoisotopic (exact) mass is 238 g/mol. The van der Waals surface area contributed by atoms with Crippen LogP contribution in [0.3, 0.4) is 0 Å². The normalized spacial score (nSPS) is 10.7. The van der Waals surface area contributed by atoms with E-state index in [0.717, 1.165) is 21.9 Å². The zero-order valence-electron chi connectivity index (χ0n) is 9.60. The third-order valence-electron chi connectivity index (χ3n) is 3.00. The summed E-state index contributed by atoms with van der Waals surface area (Å²) in [4.78, 5) is 4.12. The van der Waals surface area contributed by atoms with Crippen molar-refractivity contribution in [3.8, 4) is 11.1 Å². The minimum absolute atomic E-state index is 0.164. The van der Waals surface area contributed by atoms with Crippen molar-refractivity contribution in [2.45, 2.75) is 0 Å². The predicted octanol–water partition coefficient (Wildman–Crippen LogP) is 3.62. The second-order valence-corrected chi connectivity index (χ2v) is 4.14. The zero-order chi connectivity index (χ0) is 12.5. The Balaban J connectivity index is 2.28. The number of benzene rings is 2. The van der Waals surface area contributed by atoms with Crippen molar-refractivity contribution in [3.05, 3.63) is 60.7 Å². The summed E-state index contributed by atoms with van der Waals surface area (Å²) in [5, 5.41) is 2.09. The van der Waals surface area contributed by atoms with E-state index in [1.165, 1.54) is 6.07 Å². The number of nitrogens with zero attached hydrogens (tertiary/aromatic N) is 1. The average molecular weight is 238 g/mol. The van der Waals surface area contributed by atoms with Gasteiger partial charge in [-0.25, -0.2) is 4.39 Å². The van der Waals surface area contributed by atoms with Gasteiger partial charge in [0.15, 0.2) is 0 Å². The number of hydrogen-bond acceptors (Lipinski definition) is 2. The molecule has 0 spiro atoms. The van der Waals surface area contributed by atoms with E-state index in [9.17, 15) is 4.39 Å². The molecule has 1 heterocycles. The minimum Gasteiger partial charge on any atom is -0.396 e. The van der Waals surface area contributed by atoms with Gasteiger partial charge in [0, 0.05) is 17.8 Å². The largest absolute Gasteiger partial charge is 0.396 e. The number of aromatic nitrogens is 1. The van der Waals surface area contributed by atoms with Gasteiger partial charge in [-0.15, -0.1) is 0 Å². The van der Waals surface area contributed by atoms with Crippen LogP contribution in [0.1, 0.15) is 0 Å². The molecule has 0 saturated heterocycles. The fraction of sp³-hybridized carbons (Fsp3) is 0. The van der Waals surface area contributed by atoms with Crippen molar-refractivity contribution in [1.29, 1.82) is 0 Å². The van der Waals surface area contributed by atoms with Crippen molar-refractivity contribution < 1.29 is 4.39 Å². The number of halogens is 1. The van der Waals surface area contributed by atoms with Crippen LogP contribution in [-0.2, 0) is 0 Å². The summed E-state index contributed by atoms with van der Waals surface area (Å²) in [6, 6.07) is 12.7. The van der Waals surface area contributed by atoms with Crippen LogP contribution in [0, 0.1) is 5.82 Å². The van der Waals surface area contributed by atoms with Gasteiger partial charge in [0.25, 0.3) is 0 Å². The third kappa shape index (κ3) is 1.70. The Kier molecular flexibility index (Phi) is 2.45. The van der Waals surface area contributed by atoms with Crippen LogP contribution in [0.2, 0.25) is 0 Å². The van der Waals surface area contributed by atoms with Crippen LogP contribution >= 0.6 is 0 Å². The van der Waals surface area contributed by atoms with Crippen LogP contribution in [0.5, 0.6) is 0 Å². The summed E-state index contributed by atoms with van der Waals surface area (Å²) in [7, 11) is 0. The van der Waals surface area contributed by atoms with Crippen molar-refractivity contribution >= 4 is 16.5 Å². The topological polar surface area (TPSA) is 38.9 Å². The van der Waals surface area contributed by atoms with Gasteiger partial charge in [-0.1, -0.05) is 24.3 Å². The lowest BCUT2D eigenvalue weighted by Crippen LogP contribution is -1.91. The molecule has 1 aromatic heterocycles. The number of anilines is 1. The van der Waals surface area contributed by atoms with Crippen molar-refractivity contribution in [1.82, 2.24) is 4.98 Å². The molecule has 0 radical (unpaired) electrons. The van der Waals surface area contributed by atoms with Gasteiger partial charge < -0.3 is 5.73 Å². The minimum atomic E-state index is -0.395. The molecule has 0 aliphatic heterocycles. The summed E-state index contributed by atoms with van der Waals surface area (Å²) < 4.78 is 13.5. The Labute approximate surface area is 104 Å². The SMILES string of the molecule is Nc1ccc(-c2cccc3ccncc23)cc1F. The maximum absolute atomic E-state index is 13.5. The number of hydrogen-bond donors (Lipinski definition) is 1. The zero-order valence-corrected chi connectivity index (χ0v) is 9.60. The molecule has 2 N–H and O–H groups in total. The van der Waals surface area contributed by atoms with E-state index < -0.39 is 5.82 Å². The number of fused-ring (bicyclic) bond motifs is 1. The van der Waals surface area contributed by atoms with E-state index in [0.29, 0.717) is 0 Å². The Morgan fingerprint density at radius 1 is 1.06 bits per heavy atom. The summed E-state index contributed by atoms with van der Waals surface area (Å²) >= 11 is 0. The molecular formula is C15H11FN2. The van der Waals surface area contributed by atoms with Gasteiger partial charge >= 0.3 is 0 Å². The lowest BCUT2D eigenvalue weighted by molar-refractivity contribution is 0.633. The van der Waals surface area contributed by atoms with Gasteiger partial charge in [-0.3, -0.25) is 4.98 Å². The maximum atomic E-state index is 13.5. The van der Waals surface area contributed by atoms with E-state index in [2.05, 4.69) is 4.98 Å². The lowest BCUT2D eigenvalue weighted by Gasteiger charge is -2.07. The molecule has 3 rings (SSSR count). The molecule has 18 heavy (non-hydrogen) atoms. The Bertz CT molecular complexity index is 717. The molecule has 2 aromatic carbocycles. The van der Waals surface area contributed by atoms with Gasteiger partial charge in [0.2, 0.25) is 0 Å². The number of pyridine rings is 1. The standard InChI is InChI=1S/C15H11FN2/c16-14-8-11(4-5-15(14)17)12-3-1-2-10-6-7-18-9-13(10)12/h1-9H,17H2. The molecule has 0 fully saturated rings. The lowest BCUT2D eigenvalue weighted by atomic mass is 9.99. The first-order valence-corrected chi connectivity index (χ1v) is 5.64. The number of nitrogen functional groups attached to an aromatic ring is 1. The van der Waals surface area contributed by atoms with Crippen LogP contribution in [0.15, 0.2) is 54.9 Å². The first-order chi connectivity index (χ1) is 8.75. The highest BCUT2D eigenvalue weighted by atomic mass is 19.1. The predicted molar refractivity (Wildman–Crippen MR) is 71.5 cm³/mol. The van der Waals surface area contributed by atoms with Crippen molar-refractivity contribution in [3.63, 3.8) is 0 Å². The molecule has 0 aliphatic rings. The maximum Gasteiger partial charge on any atom is 0.146 e. The highest BCUT2D eigenvalue weighted by Gasteiger charge is 2.06. The summed E-state index contributed by atoms with van der Waals surface area (Å²) in [5.74, 6) is -0.395. The molecule has 88 valence electrons. The summed E-state index contributed by atoms with van der Waals surface area (Å²) in [6.45, 7) is 0. The van der Waals surface area contributed by atoms with Gasteiger partial charge in [-0.05, 0) is 34.7 Å². The van der Waals surface area contributed by atoms with Crippen LogP contribution in [0.4, 0.5) is 10.1 Å². The third-order valence-corrected chi connectivity index (χ3v) is 3.00. The Morgan fingerprint density at radius 2 is 1.94 bits per heavy atom. The first-order valence-electron chi connectivity index (χ1n) is 5.64. The average Bonchev–Trinajstić information content (AvgIpc) is 2.41. The molecule has 0 amide bonds. The highest BCUT2D eigenvalue weighted by Crippen LogP contribution is 2.29. The molecular weight excluding hydrogens is 227 g/mol. The van der Waals surface area contributed by atoms with Crippen LogP contribution in [-0.4, -0.2) is 4.98 Å². The second kappa shape index (κ2) is 4.11. The molecule has 2 nitrogen and oxygen atoms in total. The van der Waals surface area contributed by atoms with Gasteiger partial charge in [0.1, 0.15) is 5.82 Å². The smallest absolute Gasteiger partial charge is 0.146 e. The second-order valence-electron chi connectivity index (χ2n) is 4.14. The molecule has 3 aromatic rings. The fourth-order valence-corrected chi connectivity index (χ4v) is 2.06. The molecule has 0 bridgehead atoms.